The lowest BCUT2D eigenvalue weighted by Gasteiger charge is -2.26. The van der Waals surface area contributed by atoms with Gasteiger partial charge in [0.15, 0.2) is 0 Å². The number of hydrogen-bond acceptors (Lipinski definition) is 8. The van der Waals surface area contributed by atoms with Crippen LogP contribution in [0.25, 0.3) is 0 Å². The fourth-order valence-electron chi connectivity index (χ4n) is 1.22. The molecule has 0 rings (SSSR count). The normalized spacial score (nSPS) is 12.2. The number of aliphatic hydroxyl groups excluding tert-OH is 2. The van der Waals surface area contributed by atoms with Gasteiger partial charge in [-0.1, -0.05) is 0 Å². The molecular weight excluding hydrogens is 418 g/mol. The minimum atomic E-state index is -0.873. The van der Waals surface area contributed by atoms with Gasteiger partial charge in [-0.3, -0.25) is 0 Å². The summed E-state index contributed by atoms with van der Waals surface area (Å²) in [6, 6.07) is 0. The van der Waals surface area contributed by atoms with Gasteiger partial charge in [-0.15, -0.1) is 0 Å². The lowest BCUT2D eigenvalue weighted by atomic mass is 10.1. The summed E-state index contributed by atoms with van der Waals surface area (Å²) in [6.07, 6.45) is -0.423. The Morgan fingerprint density at radius 1 is 0.750 bits per heavy atom. The molecule has 0 aromatic heterocycles. The summed E-state index contributed by atoms with van der Waals surface area (Å²) in [4.78, 5) is 32.8. The topological polar surface area (TPSA) is 160 Å². The maximum absolute atomic E-state index is 11.2. The molecule has 0 fully saturated rings. The minimum Gasteiger partial charge on any atom is -0.444 e. The van der Waals surface area contributed by atoms with E-state index in [-0.39, 0.29) is 13.2 Å². The number of alkyl carbamates (subject to hydrolysis) is 2. The van der Waals surface area contributed by atoms with Gasteiger partial charge in [-0.25, -0.2) is 9.59 Å². The quantitative estimate of drug-likeness (QED) is 0.387. The van der Waals surface area contributed by atoms with E-state index in [1.54, 1.807) is 83.1 Å². The molecule has 0 radical (unpaired) electrons. The number of ether oxygens (including phenoxy) is 2. The van der Waals surface area contributed by atoms with Gasteiger partial charge in [0.05, 0.1) is 24.3 Å². The van der Waals surface area contributed by atoms with Gasteiger partial charge >= 0.3 is 12.2 Å². The second kappa shape index (κ2) is 13.6. The van der Waals surface area contributed by atoms with Crippen LogP contribution in [0.4, 0.5) is 9.59 Å². The van der Waals surface area contributed by atoms with Crippen molar-refractivity contribution in [1.29, 1.82) is 0 Å². The molecule has 0 aliphatic carbocycles. The summed E-state index contributed by atoms with van der Waals surface area (Å²) in [5, 5.41) is 22.1. The average Bonchev–Trinajstić information content (AvgIpc) is 2.50. The third kappa shape index (κ3) is 28.1. The Labute approximate surface area is 193 Å². The van der Waals surface area contributed by atoms with E-state index in [9.17, 15) is 14.4 Å². The highest BCUT2D eigenvalue weighted by atomic mass is 16.6. The number of carbonyl (C=O) groups excluding carboxylic acids is 3. The molecule has 192 valence electrons. The van der Waals surface area contributed by atoms with E-state index < -0.39 is 40.0 Å². The molecule has 32 heavy (non-hydrogen) atoms. The lowest BCUT2D eigenvalue weighted by Crippen LogP contribution is -2.48. The number of carbonyl (C=O) groups is 3. The van der Waals surface area contributed by atoms with Crippen LogP contribution >= 0.6 is 0 Å². The zero-order valence-electron chi connectivity index (χ0n) is 22.0. The van der Waals surface area contributed by atoms with Crippen LogP contribution in [0.15, 0.2) is 0 Å². The molecule has 0 heterocycles. The first-order chi connectivity index (χ1) is 13.9. The molecule has 0 saturated heterocycles. The van der Waals surface area contributed by atoms with Crippen molar-refractivity contribution in [3.63, 3.8) is 0 Å². The van der Waals surface area contributed by atoms with E-state index in [1.165, 1.54) is 0 Å². The molecule has 0 bridgehead atoms. The molecule has 0 spiro atoms. The molecule has 0 aromatic carbocycles. The average molecular weight is 466 g/mol. The van der Waals surface area contributed by atoms with Crippen molar-refractivity contribution in [1.82, 2.24) is 10.6 Å². The number of nitrogens with one attached hydrogen (secondary N) is 2. The molecule has 0 aliphatic heterocycles. The summed E-state index contributed by atoms with van der Waals surface area (Å²) in [5.41, 5.74) is 2.33. The summed E-state index contributed by atoms with van der Waals surface area (Å²) in [7, 11) is 0. The summed E-state index contributed by atoms with van der Waals surface area (Å²) >= 11 is 0. The predicted octanol–water partition coefficient (Wildman–Crippen LogP) is 2.49. The van der Waals surface area contributed by atoms with E-state index in [0.29, 0.717) is 6.29 Å². The van der Waals surface area contributed by atoms with Crippen LogP contribution < -0.4 is 16.4 Å². The second-order valence-electron chi connectivity index (χ2n) is 11.3. The number of rotatable bonds is 5. The van der Waals surface area contributed by atoms with Gasteiger partial charge in [0, 0.05) is 5.54 Å². The van der Waals surface area contributed by atoms with Crippen LogP contribution in [0.5, 0.6) is 0 Å². The Morgan fingerprint density at radius 3 is 1.28 bits per heavy atom. The second-order valence-corrected chi connectivity index (χ2v) is 11.3. The lowest BCUT2D eigenvalue weighted by molar-refractivity contribution is -0.112. The molecule has 0 unspecified atom stereocenters. The Morgan fingerprint density at radius 2 is 1.06 bits per heavy atom. The third-order valence-electron chi connectivity index (χ3n) is 2.76. The maximum atomic E-state index is 11.2. The van der Waals surface area contributed by atoms with Crippen LogP contribution in [0, 0.1) is 0 Å². The molecule has 2 amide bonds. The van der Waals surface area contributed by atoms with Crippen molar-refractivity contribution >= 4 is 18.5 Å². The van der Waals surface area contributed by atoms with Gasteiger partial charge in [0.2, 0.25) is 0 Å². The molecular formula is C22H47N3O7. The fourth-order valence-corrected chi connectivity index (χ4v) is 1.22. The molecule has 0 saturated carbocycles. The van der Waals surface area contributed by atoms with E-state index in [4.69, 9.17) is 25.4 Å². The highest BCUT2D eigenvalue weighted by Crippen LogP contribution is 2.09. The zero-order chi connectivity index (χ0) is 26.6. The van der Waals surface area contributed by atoms with E-state index in [1.807, 2.05) is 0 Å². The van der Waals surface area contributed by atoms with Crippen molar-refractivity contribution in [3.8, 4) is 0 Å². The highest BCUT2D eigenvalue weighted by Gasteiger charge is 2.24. The molecule has 0 aliphatic rings. The fraction of sp³-hybridized carbons (Fsp3) is 0.864. The Kier molecular flexibility index (Phi) is 14.7. The number of aldehydes is 1. The smallest absolute Gasteiger partial charge is 0.408 e. The molecule has 0 atom stereocenters. The minimum absolute atomic E-state index is 0.0486. The number of amides is 2. The third-order valence-corrected chi connectivity index (χ3v) is 2.76. The van der Waals surface area contributed by atoms with Gasteiger partial charge in [0.1, 0.15) is 17.5 Å². The molecule has 10 heteroatoms. The first kappa shape index (κ1) is 34.7. The van der Waals surface area contributed by atoms with Crippen molar-refractivity contribution in [3.05, 3.63) is 0 Å². The number of nitrogens with two attached hydrogens (primary N) is 1. The largest absolute Gasteiger partial charge is 0.444 e. The van der Waals surface area contributed by atoms with Gasteiger partial charge in [-0.2, -0.15) is 0 Å². The predicted molar refractivity (Wildman–Crippen MR) is 125 cm³/mol. The van der Waals surface area contributed by atoms with Crippen LogP contribution in [-0.4, -0.2) is 69.7 Å². The maximum Gasteiger partial charge on any atom is 0.408 e. The van der Waals surface area contributed by atoms with Crippen LogP contribution in [0.2, 0.25) is 0 Å². The Balaban J connectivity index is -0.000000422. The molecule has 10 nitrogen and oxygen atoms in total. The first-order valence-corrected chi connectivity index (χ1v) is 10.4. The molecule has 6 N–H and O–H groups in total. The van der Waals surface area contributed by atoms with Crippen molar-refractivity contribution in [2.24, 2.45) is 5.73 Å². The van der Waals surface area contributed by atoms with E-state index >= 15 is 0 Å². The van der Waals surface area contributed by atoms with E-state index in [2.05, 4.69) is 10.6 Å². The highest BCUT2D eigenvalue weighted by molar-refractivity contribution is 5.75. The van der Waals surface area contributed by atoms with Gasteiger partial charge in [-0.05, 0) is 83.1 Å². The van der Waals surface area contributed by atoms with Crippen molar-refractivity contribution < 1.29 is 34.1 Å². The standard InChI is InChI=1S/C9H19NO3.C9H17NO3.C4H11NO/c2*1-8(2,3)13-7(12)10-9(4,5)6-11;1-4(2,5)3-6/h11H,6H2,1-5H3,(H,10,12);6H,1-5H3,(H,10,12);6H,3,5H2,1-2H3. The summed E-state index contributed by atoms with van der Waals surface area (Å²) in [6.45, 7) is 20.8. The van der Waals surface area contributed by atoms with Crippen LogP contribution in [-0.2, 0) is 14.3 Å². The SMILES string of the molecule is CC(C)(C=O)NC(=O)OC(C)(C)C.CC(C)(CO)NC(=O)OC(C)(C)C.CC(C)(N)CO. The van der Waals surface area contributed by atoms with Crippen LogP contribution in [0.3, 0.4) is 0 Å². The van der Waals surface area contributed by atoms with Gasteiger partial charge in [0.25, 0.3) is 0 Å². The molecule has 0 aromatic rings. The first-order valence-electron chi connectivity index (χ1n) is 10.4. The number of hydrogen-bond donors (Lipinski definition) is 5. The van der Waals surface area contributed by atoms with Crippen molar-refractivity contribution in [2.45, 2.75) is 111 Å². The zero-order valence-corrected chi connectivity index (χ0v) is 22.0. The summed E-state index contributed by atoms with van der Waals surface area (Å²) in [5.74, 6) is 0. The van der Waals surface area contributed by atoms with Gasteiger partial charge < -0.3 is 40.8 Å². The van der Waals surface area contributed by atoms with E-state index in [0.717, 1.165) is 0 Å². The van der Waals surface area contributed by atoms with Crippen molar-refractivity contribution in [2.75, 3.05) is 13.2 Å². The Hall–Kier alpha value is -1.91. The van der Waals surface area contributed by atoms with Crippen LogP contribution in [0.1, 0.15) is 83.1 Å². The Bertz CT molecular complexity index is 570. The number of aliphatic hydroxyl groups is 2. The monoisotopic (exact) mass is 465 g/mol. The summed E-state index contributed by atoms with van der Waals surface area (Å²) < 4.78 is 9.98.